The van der Waals surface area contributed by atoms with Gasteiger partial charge in [0.1, 0.15) is 11.4 Å². The molecule has 5 nitrogen and oxygen atoms in total. The van der Waals surface area contributed by atoms with Crippen molar-refractivity contribution in [1.29, 1.82) is 0 Å². The van der Waals surface area contributed by atoms with Crippen molar-refractivity contribution in [3.05, 3.63) is 58.9 Å². The number of anilines is 2. The van der Waals surface area contributed by atoms with E-state index in [-0.39, 0.29) is 24.3 Å². The van der Waals surface area contributed by atoms with Gasteiger partial charge in [0.25, 0.3) is 5.91 Å². The van der Waals surface area contributed by atoms with Gasteiger partial charge in [0.05, 0.1) is 30.0 Å². The molecule has 28 heavy (non-hydrogen) atoms. The van der Waals surface area contributed by atoms with Gasteiger partial charge >= 0.3 is 0 Å². The molecule has 0 spiro atoms. The molecule has 1 fully saturated rings. The first-order valence-corrected chi connectivity index (χ1v) is 8.75. The summed E-state index contributed by atoms with van der Waals surface area (Å²) in [6, 6.07) is 6.17. The maximum atomic E-state index is 14.4. The zero-order valence-corrected chi connectivity index (χ0v) is 15.8. The Morgan fingerprint density at radius 2 is 1.82 bits per heavy atom. The van der Waals surface area contributed by atoms with E-state index >= 15 is 0 Å². The molecule has 0 unspecified atom stereocenters. The van der Waals surface area contributed by atoms with Crippen molar-refractivity contribution in [2.75, 3.05) is 18.4 Å². The average Bonchev–Trinajstić information content (AvgIpc) is 2.56. The van der Waals surface area contributed by atoms with Crippen molar-refractivity contribution in [3.63, 3.8) is 0 Å². The summed E-state index contributed by atoms with van der Waals surface area (Å²) in [5.41, 5.74) is 3.64. The molecule has 0 aliphatic carbocycles. The SMILES string of the molecule is Cc1ccc(Nc2c(C(=O)N3CC(O)(C(C)(C)N)C3)ccc(F)c2F)c(F)c1. The third-order valence-electron chi connectivity index (χ3n) is 5.10. The second-order valence-electron chi connectivity index (χ2n) is 7.81. The van der Waals surface area contributed by atoms with Gasteiger partial charge in [0, 0.05) is 5.54 Å². The Bertz CT molecular complexity index is 935. The number of β-amino-alcohol motifs (C(OH)–C–C–N with tert-alkyl or cyclic N) is 1. The molecule has 0 atom stereocenters. The van der Waals surface area contributed by atoms with Crippen molar-refractivity contribution in [2.24, 2.45) is 5.73 Å². The summed E-state index contributed by atoms with van der Waals surface area (Å²) in [6.07, 6.45) is 0. The summed E-state index contributed by atoms with van der Waals surface area (Å²) in [5, 5.41) is 12.9. The van der Waals surface area contributed by atoms with Gasteiger partial charge in [0.15, 0.2) is 11.6 Å². The zero-order chi connectivity index (χ0) is 20.9. The predicted molar refractivity (Wildman–Crippen MR) is 99.9 cm³/mol. The van der Waals surface area contributed by atoms with Gasteiger partial charge in [-0.05, 0) is 50.6 Å². The van der Waals surface area contributed by atoms with Crippen LogP contribution in [0, 0.1) is 24.4 Å². The summed E-state index contributed by atoms with van der Waals surface area (Å²) in [7, 11) is 0. The van der Waals surface area contributed by atoms with E-state index in [2.05, 4.69) is 5.32 Å². The molecule has 0 radical (unpaired) electrons. The largest absolute Gasteiger partial charge is 0.384 e. The summed E-state index contributed by atoms with van der Waals surface area (Å²) < 4.78 is 42.4. The maximum Gasteiger partial charge on any atom is 0.256 e. The number of nitrogens with two attached hydrogens (primary N) is 1. The van der Waals surface area contributed by atoms with E-state index in [0.717, 1.165) is 12.1 Å². The number of aliphatic hydroxyl groups is 1. The normalized spacial score (nSPS) is 15.9. The summed E-state index contributed by atoms with van der Waals surface area (Å²) in [5.74, 6) is -3.75. The monoisotopic (exact) mass is 393 g/mol. The minimum absolute atomic E-state index is 0.0489. The minimum Gasteiger partial charge on any atom is -0.384 e. The smallest absolute Gasteiger partial charge is 0.256 e. The molecule has 1 saturated heterocycles. The second-order valence-corrected chi connectivity index (χ2v) is 7.81. The van der Waals surface area contributed by atoms with Crippen LogP contribution in [0.25, 0.3) is 0 Å². The molecule has 4 N–H and O–H groups in total. The third-order valence-corrected chi connectivity index (χ3v) is 5.10. The molecule has 2 aromatic rings. The lowest BCUT2D eigenvalue weighted by Gasteiger charge is -2.53. The molecule has 8 heteroatoms. The fraction of sp³-hybridized carbons (Fsp3) is 0.350. The van der Waals surface area contributed by atoms with Gasteiger partial charge in [-0.3, -0.25) is 4.79 Å². The fourth-order valence-corrected chi connectivity index (χ4v) is 3.01. The summed E-state index contributed by atoms with van der Waals surface area (Å²) in [4.78, 5) is 14.1. The zero-order valence-electron chi connectivity index (χ0n) is 15.8. The van der Waals surface area contributed by atoms with Crippen LogP contribution in [0.15, 0.2) is 30.3 Å². The molecule has 0 bridgehead atoms. The third kappa shape index (κ3) is 3.45. The van der Waals surface area contributed by atoms with E-state index < -0.39 is 40.2 Å². The highest BCUT2D eigenvalue weighted by atomic mass is 19.2. The van der Waals surface area contributed by atoms with Crippen molar-refractivity contribution in [2.45, 2.75) is 31.9 Å². The van der Waals surface area contributed by atoms with Crippen molar-refractivity contribution in [1.82, 2.24) is 4.90 Å². The van der Waals surface area contributed by atoms with E-state index in [9.17, 15) is 23.1 Å². The van der Waals surface area contributed by atoms with Gasteiger partial charge in [-0.1, -0.05) is 6.07 Å². The Kier molecular flexibility index (Phi) is 4.89. The lowest BCUT2D eigenvalue weighted by molar-refractivity contribution is -0.120. The van der Waals surface area contributed by atoms with Crippen LogP contribution in [0.5, 0.6) is 0 Å². The number of halogens is 3. The molecule has 2 aromatic carbocycles. The topological polar surface area (TPSA) is 78.6 Å². The summed E-state index contributed by atoms with van der Waals surface area (Å²) >= 11 is 0. The van der Waals surface area contributed by atoms with Crippen LogP contribution >= 0.6 is 0 Å². The number of nitrogens with one attached hydrogen (secondary N) is 1. The number of amides is 1. The first-order valence-electron chi connectivity index (χ1n) is 8.75. The summed E-state index contributed by atoms with van der Waals surface area (Å²) in [6.45, 7) is 4.87. The molecule has 1 amide bonds. The highest BCUT2D eigenvalue weighted by Crippen LogP contribution is 2.34. The van der Waals surface area contributed by atoms with Crippen molar-refractivity contribution >= 4 is 17.3 Å². The van der Waals surface area contributed by atoms with E-state index in [4.69, 9.17) is 5.73 Å². The van der Waals surface area contributed by atoms with E-state index in [1.54, 1.807) is 26.8 Å². The number of carbonyl (C=O) groups excluding carboxylic acids is 1. The second kappa shape index (κ2) is 6.79. The minimum atomic E-state index is -1.29. The Morgan fingerprint density at radius 1 is 1.18 bits per heavy atom. The van der Waals surface area contributed by atoms with E-state index in [1.807, 2.05) is 0 Å². The van der Waals surface area contributed by atoms with Crippen molar-refractivity contribution < 1.29 is 23.1 Å². The van der Waals surface area contributed by atoms with Gasteiger partial charge in [-0.25, -0.2) is 13.2 Å². The van der Waals surface area contributed by atoms with Crippen LogP contribution in [0.4, 0.5) is 24.5 Å². The van der Waals surface area contributed by atoms with Crippen LogP contribution in [0.3, 0.4) is 0 Å². The number of likely N-dealkylation sites (tertiary alicyclic amines) is 1. The molecule has 1 heterocycles. The predicted octanol–water partition coefficient (Wildman–Crippen LogP) is 3.08. The Morgan fingerprint density at radius 3 is 2.39 bits per heavy atom. The van der Waals surface area contributed by atoms with Crippen LogP contribution in [0.1, 0.15) is 29.8 Å². The molecular weight excluding hydrogens is 371 g/mol. The molecule has 1 aliphatic rings. The Hall–Kier alpha value is -2.58. The molecular formula is C20H22F3N3O2. The molecule has 150 valence electrons. The van der Waals surface area contributed by atoms with E-state index in [0.29, 0.717) is 5.56 Å². The van der Waals surface area contributed by atoms with Gasteiger partial charge in [0.2, 0.25) is 0 Å². The number of hydrogen-bond donors (Lipinski definition) is 3. The van der Waals surface area contributed by atoms with Crippen molar-refractivity contribution in [3.8, 4) is 0 Å². The molecule has 0 saturated carbocycles. The number of benzene rings is 2. The highest BCUT2D eigenvalue weighted by molar-refractivity contribution is 6.01. The van der Waals surface area contributed by atoms with Crippen LogP contribution in [-0.2, 0) is 0 Å². The number of nitrogens with zero attached hydrogens (tertiary/aromatic N) is 1. The Labute approximate surface area is 161 Å². The van der Waals surface area contributed by atoms with Crippen LogP contribution < -0.4 is 11.1 Å². The fourth-order valence-electron chi connectivity index (χ4n) is 3.01. The lowest BCUT2D eigenvalue weighted by Crippen LogP contribution is -2.74. The van der Waals surface area contributed by atoms with Gasteiger partial charge in [-0.15, -0.1) is 0 Å². The number of aryl methyl sites for hydroxylation is 1. The molecule has 1 aliphatic heterocycles. The number of carbonyl (C=O) groups is 1. The lowest BCUT2D eigenvalue weighted by atomic mass is 9.77. The van der Waals surface area contributed by atoms with Crippen LogP contribution in [-0.4, -0.2) is 40.1 Å². The molecule has 3 rings (SSSR count). The Balaban J connectivity index is 1.92. The average molecular weight is 393 g/mol. The number of hydrogen-bond acceptors (Lipinski definition) is 4. The highest BCUT2D eigenvalue weighted by Gasteiger charge is 2.52. The van der Waals surface area contributed by atoms with Gasteiger partial charge < -0.3 is 21.1 Å². The van der Waals surface area contributed by atoms with Crippen LogP contribution in [0.2, 0.25) is 0 Å². The van der Waals surface area contributed by atoms with Gasteiger partial charge in [-0.2, -0.15) is 0 Å². The maximum absolute atomic E-state index is 14.4. The van der Waals surface area contributed by atoms with E-state index in [1.165, 1.54) is 17.0 Å². The first-order chi connectivity index (χ1) is 12.9. The first kappa shape index (κ1) is 20.2. The molecule has 0 aromatic heterocycles. The quantitative estimate of drug-likeness (QED) is 0.746. The number of rotatable bonds is 4. The standard InChI is InChI=1S/C20H22F3N3O2/c1-11-4-7-15(14(22)8-11)25-17-12(5-6-13(21)16(17)23)18(27)26-9-20(28,10-26)19(2,3)24/h4-8,25,28H,9-10,24H2,1-3H3.